The smallest absolute Gasteiger partial charge is 0.254 e. The van der Waals surface area contributed by atoms with Crippen LogP contribution in [0.2, 0.25) is 0 Å². The quantitative estimate of drug-likeness (QED) is 0.756. The van der Waals surface area contributed by atoms with E-state index in [0.29, 0.717) is 0 Å². The first-order chi connectivity index (χ1) is 7.52. The molecule has 0 atom stereocenters. The summed E-state index contributed by atoms with van der Waals surface area (Å²) < 4.78 is 0. The monoisotopic (exact) mass is 252 g/mol. The third-order valence-corrected chi connectivity index (χ3v) is 2.24. The number of benzene rings is 1. The lowest BCUT2D eigenvalue weighted by molar-refractivity contribution is 0.105. The van der Waals surface area contributed by atoms with Crippen molar-refractivity contribution < 1.29 is 9.59 Å². The van der Waals surface area contributed by atoms with Gasteiger partial charge in [0.15, 0.2) is 0 Å². The maximum absolute atomic E-state index is 11.1. The predicted octanol–water partition coefficient (Wildman–Crippen LogP) is 2.19. The standard InChI is InChI=1S/C10H2Cl2N2O2/c11-9(15)6-2-1-5(3-13)7(4-14)8(6)10(12)16/h1-2H. The topological polar surface area (TPSA) is 81.7 Å². The first-order valence-corrected chi connectivity index (χ1v) is 4.65. The van der Waals surface area contributed by atoms with Gasteiger partial charge in [0.25, 0.3) is 10.5 Å². The van der Waals surface area contributed by atoms with Gasteiger partial charge in [-0.1, -0.05) is 0 Å². The van der Waals surface area contributed by atoms with Crippen LogP contribution >= 0.6 is 23.2 Å². The van der Waals surface area contributed by atoms with Crippen LogP contribution in [0.5, 0.6) is 0 Å². The number of rotatable bonds is 2. The zero-order valence-electron chi connectivity index (χ0n) is 7.62. The first-order valence-electron chi connectivity index (χ1n) is 3.89. The van der Waals surface area contributed by atoms with Gasteiger partial charge in [-0.25, -0.2) is 0 Å². The molecule has 16 heavy (non-hydrogen) atoms. The summed E-state index contributed by atoms with van der Waals surface area (Å²) in [6.45, 7) is 0. The van der Waals surface area contributed by atoms with Crippen molar-refractivity contribution in [3.05, 3.63) is 34.4 Å². The van der Waals surface area contributed by atoms with E-state index in [1.807, 2.05) is 0 Å². The van der Waals surface area contributed by atoms with Gasteiger partial charge in [-0.3, -0.25) is 9.59 Å². The average Bonchev–Trinajstić information content (AvgIpc) is 2.26. The van der Waals surface area contributed by atoms with Gasteiger partial charge in [0.1, 0.15) is 12.1 Å². The van der Waals surface area contributed by atoms with E-state index < -0.39 is 10.5 Å². The van der Waals surface area contributed by atoms with Crippen molar-refractivity contribution in [3.8, 4) is 12.1 Å². The van der Waals surface area contributed by atoms with Crippen molar-refractivity contribution in [1.82, 2.24) is 0 Å². The lowest BCUT2D eigenvalue weighted by atomic mass is 9.98. The summed E-state index contributed by atoms with van der Waals surface area (Å²) in [5.41, 5.74) is -0.789. The molecule has 0 aliphatic heterocycles. The lowest BCUT2D eigenvalue weighted by Gasteiger charge is -2.04. The summed E-state index contributed by atoms with van der Waals surface area (Å²) >= 11 is 10.5. The Hall–Kier alpha value is -1.88. The van der Waals surface area contributed by atoms with Crippen LogP contribution in [0.1, 0.15) is 31.8 Å². The van der Waals surface area contributed by atoms with Gasteiger partial charge < -0.3 is 0 Å². The van der Waals surface area contributed by atoms with Crippen LogP contribution < -0.4 is 0 Å². The molecule has 0 aliphatic carbocycles. The molecule has 1 aromatic rings. The fraction of sp³-hybridized carbons (Fsp3) is 0. The summed E-state index contributed by atoms with van der Waals surface area (Å²) in [7, 11) is 0. The molecule has 0 saturated carbocycles. The summed E-state index contributed by atoms with van der Waals surface area (Å²) in [5, 5.41) is 15.6. The third-order valence-electron chi connectivity index (χ3n) is 1.85. The van der Waals surface area contributed by atoms with E-state index in [9.17, 15) is 9.59 Å². The Bertz CT molecular complexity index is 567. The van der Waals surface area contributed by atoms with Gasteiger partial charge in [-0.05, 0) is 35.3 Å². The second-order valence-corrected chi connectivity index (χ2v) is 3.37. The fourth-order valence-corrected chi connectivity index (χ4v) is 1.53. The molecule has 0 aliphatic rings. The van der Waals surface area contributed by atoms with Crippen LogP contribution in [-0.4, -0.2) is 10.5 Å². The largest absolute Gasteiger partial charge is 0.276 e. The number of halogens is 2. The molecule has 0 unspecified atom stereocenters. The van der Waals surface area contributed by atoms with E-state index in [2.05, 4.69) is 0 Å². The van der Waals surface area contributed by atoms with Gasteiger partial charge in [0.2, 0.25) is 0 Å². The fourth-order valence-electron chi connectivity index (χ4n) is 1.18. The highest BCUT2D eigenvalue weighted by atomic mass is 35.5. The van der Waals surface area contributed by atoms with Crippen LogP contribution in [0.25, 0.3) is 0 Å². The van der Waals surface area contributed by atoms with E-state index in [-0.39, 0.29) is 22.3 Å². The highest BCUT2D eigenvalue weighted by Crippen LogP contribution is 2.22. The van der Waals surface area contributed by atoms with Crippen molar-refractivity contribution in [2.75, 3.05) is 0 Å². The Morgan fingerprint density at radius 2 is 1.69 bits per heavy atom. The molecule has 0 radical (unpaired) electrons. The summed E-state index contributed by atoms with van der Waals surface area (Å²) in [6.07, 6.45) is 0. The second kappa shape index (κ2) is 4.76. The molecule has 4 nitrogen and oxygen atoms in total. The molecule has 0 saturated heterocycles. The molecule has 0 N–H and O–H groups in total. The molecular weight excluding hydrogens is 251 g/mol. The zero-order valence-corrected chi connectivity index (χ0v) is 9.13. The maximum atomic E-state index is 11.1. The Morgan fingerprint density at radius 1 is 1.06 bits per heavy atom. The van der Waals surface area contributed by atoms with E-state index >= 15 is 0 Å². The van der Waals surface area contributed by atoms with Gasteiger partial charge in [0.05, 0.1) is 16.7 Å². The zero-order chi connectivity index (χ0) is 12.3. The van der Waals surface area contributed by atoms with Gasteiger partial charge >= 0.3 is 0 Å². The molecule has 0 heterocycles. The Morgan fingerprint density at radius 3 is 2.06 bits per heavy atom. The molecule has 0 amide bonds. The third kappa shape index (κ3) is 2.04. The highest BCUT2D eigenvalue weighted by Gasteiger charge is 2.21. The van der Waals surface area contributed by atoms with Crippen molar-refractivity contribution in [3.63, 3.8) is 0 Å². The van der Waals surface area contributed by atoms with Gasteiger partial charge in [0, 0.05) is 5.56 Å². The molecule has 0 bridgehead atoms. The van der Waals surface area contributed by atoms with Crippen LogP contribution in [0.4, 0.5) is 0 Å². The molecule has 0 spiro atoms. The number of nitrogens with zero attached hydrogens (tertiary/aromatic N) is 2. The second-order valence-electron chi connectivity index (χ2n) is 2.68. The number of carbonyl (C=O) groups excluding carboxylic acids is 2. The van der Waals surface area contributed by atoms with Crippen LogP contribution in [-0.2, 0) is 0 Å². The number of carbonyl (C=O) groups is 2. The molecule has 1 rings (SSSR count). The van der Waals surface area contributed by atoms with Crippen molar-refractivity contribution in [2.24, 2.45) is 0 Å². The molecule has 6 heteroatoms. The van der Waals surface area contributed by atoms with E-state index in [0.717, 1.165) is 0 Å². The first kappa shape index (κ1) is 12.2. The number of hydrogen-bond acceptors (Lipinski definition) is 4. The Kier molecular flexibility index (Phi) is 3.63. The molecule has 0 aromatic heterocycles. The van der Waals surface area contributed by atoms with Crippen LogP contribution in [0.15, 0.2) is 12.1 Å². The Labute approximate surface area is 101 Å². The van der Waals surface area contributed by atoms with Crippen LogP contribution in [0, 0.1) is 22.7 Å². The molecular formula is C10H2Cl2N2O2. The van der Waals surface area contributed by atoms with Gasteiger partial charge in [-0.15, -0.1) is 0 Å². The minimum absolute atomic E-state index is 0.0341. The van der Waals surface area contributed by atoms with E-state index in [1.165, 1.54) is 12.1 Å². The van der Waals surface area contributed by atoms with Gasteiger partial charge in [-0.2, -0.15) is 10.5 Å². The summed E-state index contributed by atoms with van der Waals surface area (Å²) in [4.78, 5) is 22.1. The molecule has 0 fully saturated rings. The molecule has 78 valence electrons. The Balaban J connectivity index is 3.74. The maximum Gasteiger partial charge on any atom is 0.254 e. The van der Waals surface area contributed by atoms with E-state index in [4.69, 9.17) is 33.7 Å². The summed E-state index contributed by atoms with van der Waals surface area (Å²) in [5.74, 6) is 0. The van der Waals surface area contributed by atoms with Crippen molar-refractivity contribution in [1.29, 1.82) is 10.5 Å². The number of nitriles is 2. The highest BCUT2D eigenvalue weighted by molar-refractivity contribution is 6.72. The van der Waals surface area contributed by atoms with Crippen molar-refractivity contribution in [2.45, 2.75) is 0 Å². The molecule has 1 aromatic carbocycles. The number of hydrogen-bond donors (Lipinski definition) is 0. The van der Waals surface area contributed by atoms with Crippen molar-refractivity contribution >= 4 is 33.7 Å². The van der Waals surface area contributed by atoms with Crippen LogP contribution in [0.3, 0.4) is 0 Å². The minimum atomic E-state index is -1.00. The SMILES string of the molecule is N#Cc1ccc(C(=O)Cl)c(C(=O)Cl)c1C#N. The summed E-state index contributed by atoms with van der Waals surface area (Å²) in [6, 6.07) is 5.79. The normalized spacial score (nSPS) is 9.00. The average molecular weight is 253 g/mol. The lowest BCUT2D eigenvalue weighted by Crippen LogP contribution is -2.06. The minimum Gasteiger partial charge on any atom is -0.276 e. The van der Waals surface area contributed by atoms with E-state index in [1.54, 1.807) is 12.1 Å². The predicted molar refractivity (Wildman–Crippen MR) is 56.2 cm³/mol.